The normalized spacial score (nSPS) is 21.7. The molecule has 126 valence electrons. The molecule has 0 atom stereocenters. The van der Waals surface area contributed by atoms with Gasteiger partial charge in [-0.25, -0.2) is 17.6 Å². The summed E-state index contributed by atoms with van der Waals surface area (Å²) < 4.78 is 46.2. The molecule has 3 rings (SSSR count). The first-order chi connectivity index (χ1) is 10.8. The van der Waals surface area contributed by atoms with Crippen LogP contribution in [0.2, 0.25) is 0 Å². The number of nitrogens with zero attached hydrogens (tertiary/aromatic N) is 2. The first-order valence-corrected chi connectivity index (χ1v) is 8.89. The van der Waals surface area contributed by atoms with E-state index < -0.39 is 21.4 Å². The Morgan fingerprint density at radius 1 is 1.26 bits per heavy atom. The van der Waals surface area contributed by atoms with E-state index >= 15 is 0 Å². The highest BCUT2D eigenvalue weighted by Crippen LogP contribution is 2.35. The van der Waals surface area contributed by atoms with Crippen LogP contribution in [-0.4, -0.2) is 56.0 Å². The molecule has 6 nitrogen and oxygen atoms in total. The summed E-state index contributed by atoms with van der Waals surface area (Å²) in [5, 5.41) is 0. The summed E-state index contributed by atoms with van der Waals surface area (Å²) in [6, 6.07) is 4.22. The Bertz CT molecular complexity index is 722. The minimum atomic E-state index is -3.89. The summed E-state index contributed by atoms with van der Waals surface area (Å²) >= 11 is 0. The number of amides is 1. The maximum absolute atomic E-state index is 14.0. The van der Waals surface area contributed by atoms with Gasteiger partial charge in [0.05, 0.1) is 6.54 Å². The topological polar surface area (TPSA) is 66.9 Å². The second kappa shape index (κ2) is 5.45. The lowest BCUT2D eigenvalue weighted by Crippen LogP contribution is -2.48. The van der Waals surface area contributed by atoms with E-state index in [9.17, 15) is 17.6 Å². The second-order valence-corrected chi connectivity index (χ2v) is 8.07. The fraction of sp³-hybridized carbons (Fsp3) is 0.533. The number of halogens is 1. The SMILES string of the molecule is Cc1cccc(F)c1S(=O)(=O)N1CCC2(CC1)CN(C)C(=O)O2. The van der Waals surface area contributed by atoms with Crippen LogP contribution in [0.15, 0.2) is 23.1 Å². The van der Waals surface area contributed by atoms with Crippen molar-refractivity contribution in [2.24, 2.45) is 0 Å². The van der Waals surface area contributed by atoms with Gasteiger partial charge in [0, 0.05) is 33.0 Å². The summed E-state index contributed by atoms with van der Waals surface area (Å²) in [7, 11) is -2.24. The first-order valence-electron chi connectivity index (χ1n) is 7.45. The van der Waals surface area contributed by atoms with Gasteiger partial charge in [-0.05, 0) is 18.6 Å². The third kappa shape index (κ3) is 2.70. The monoisotopic (exact) mass is 342 g/mol. The first kappa shape index (κ1) is 16.2. The average molecular weight is 342 g/mol. The van der Waals surface area contributed by atoms with E-state index in [1.807, 2.05) is 0 Å². The Hall–Kier alpha value is -1.67. The van der Waals surface area contributed by atoms with E-state index in [0.717, 1.165) is 6.07 Å². The van der Waals surface area contributed by atoms with E-state index in [0.29, 0.717) is 24.9 Å². The summed E-state index contributed by atoms with van der Waals surface area (Å²) in [4.78, 5) is 12.8. The van der Waals surface area contributed by atoms with Crippen molar-refractivity contribution in [3.63, 3.8) is 0 Å². The maximum Gasteiger partial charge on any atom is 0.410 e. The number of sulfonamides is 1. The van der Waals surface area contributed by atoms with Gasteiger partial charge in [0.25, 0.3) is 0 Å². The predicted molar refractivity (Wildman–Crippen MR) is 81.0 cm³/mol. The van der Waals surface area contributed by atoms with Gasteiger partial charge in [-0.2, -0.15) is 4.31 Å². The molecule has 0 saturated carbocycles. The van der Waals surface area contributed by atoms with Crippen LogP contribution in [0.4, 0.5) is 9.18 Å². The highest BCUT2D eigenvalue weighted by molar-refractivity contribution is 7.89. The van der Waals surface area contributed by atoms with Gasteiger partial charge in [-0.3, -0.25) is 0 Å². The molecule has 2 aliphatic heterocycles. The molecule has 2 heterocycles. The lowest BCUT2D eigenvalue weighted by atomic mass is 9.92. The van der Waals surface area contributed by atoms with Gasteiger partial charge < -0.3 is 9.64 Å². The quantitative estimate of drug-likeness (QED) is 0.821. The Labute approximate surface area is 134 Å². The zero-order valence-corrected chi connectivity index (χ0v) is 13.9. The number of aryl methyl sites for hydroxylation is 1. The number of likely N-dealkylation sites (N-methyl/N-ethyl adjacent to an activating group) is 1. The van der Waals surface area contributed by atoms with Crippen molar-refractivity contribution in [3.05, 3.63) is 29.6 Å². The zero-order valence-electron chi connectivity index (χ0n) is 13.1. The number of hydrogen-bond acceptors (Lipinski definition) is 4. The van der Waals surface area contributed by atoms with Crippen molar-refractivity contribution in [3.8, 4) is 0 Å². The lowest BCUT2D eigenvalue weighted by molar-refractivity contribution is 0.0172. The van der Waals surface area contributed by atoms with Crippen LogP contribution in [0, 0.1) is 12.7 Å². The fourth-order valence-electron chi connectivity index (χ4n) is 3.26. The smallest absolute Gasteiger partial charge is 0.410 e. The number of carbonyl (C=O) groups is 1. The average Bonchev–Trinajstić information content (AvgIpc) is 2.73. The van der Waals surface area contributed by atoms with Crippen LogP contribution < -0.4 is 0 Å². The number of piperidine rings is 1. The number of hydrogen-bond donors (Lipinski definition) is 0. The van der Waals surface area contributed by atoms with Crippen LogP contribution in [-0.2, 0) is 14.8 Å². The molecular formula is C15H19FN2O4S. The number of rotatable bonds is 2. The van der Waals surface area contributed by atoms with Crippen molar-refractivity contribution in [2.75, 3.05) is 26.7 Å². The molecule has 1 aromatic carbocycles. The maximum atomic E-state index is 14.0. The molecule has 2 saturated heterocycles. The molecule has 0 bridgehead atoms. The van der Waals surface area contributed by atoms with Crippen LogP contribution in [0.3, 0.4) is 0 Å². The van der Waals surface area contributed by atoms with E-state index in [2.05, 4.69) is 0 Å². The van der Waals surface area contributed by atoms with E-state index in [1.165, 1.54) is 15.3 Å². The second-order valence-electron chi connectivity index (χ2n) is 6.20. The van der Waals surface area contributed by atoms with Crippen LogP contribution >= 0.6 is 0 Å². The summed E-state index contributed by atoms with van der Waals surface area (Å²) in [6.45, 7) is 2.45. The Kier molecular flexibility index (Phi) is 3.84. The van der Waals surface area contributed by atoms with Crippen molar-refractivity contribution in [1.82, 2.24) is 9.21 Å². The van der Waals surface area contributed by atoms with Crippen molar-refractivity contribution < 1.29 is 22.3 Å². The lowest BCUT2D eigenvalue weighted by Gasteiger charge is -2.36. The van der Waals surface area contributed by atoms with Gasteiger partial charge >= 0.3 is 6.09 Å². The molecule has 23 heavy (non-hydrogen) atoms. The third-order valence-corrected chi connectivity index (χ3v) is 6.61. The van der Waals surface area contributed by atoms with E-state index in [4.69, 9.17) is 4.74 Å². The summed E-state index contributed by atoms with van der Waals surface area (Å²) in [5.74, 6) is -0.739. The molecule has 2 fully saturated rings. The molecule has 0 aromatic heterocycles. The number of ether oxygens (including phenoxy) is 1. The minimum absolute atomic E-state index is 0.206. The van der Waals surface area contributed by atoms with Crippen molar-refractivity contribution in [2.45, 2.75) is 30.3 Å². The molecule has 0 radical (unpaired) electrons. The predicted octanol–water partition coefficient (Wildman–Crippen LogP) is 1.74. The van der Waals surface area contributed by atoms with Gasteiger partial charge in [-0.1, -0.05) is 12.1 Å². The van der Waals surface area contributed by atoms with Crippen molar-refractivity contribution >= 4 is 16.1 Å². The largest absolute Gasteiger partial charge is 0.441 e. The standard InChI is InChI=1S/C15H19FN2O4S/c1-11-4-3-5-12(16)13(11)23(20,21)18-8-6-15(7-9-18)10-17(2)14(19)22-15/h3-5H,6-10H2,1-2H3. The molecule has 0 N–H and O–H groups in total. The van der Waals surface area contributed by atoms with Crippen LogP contribution in [0.5, 0.6) is 0 Å². The highest BCUT2D eigenvalue weighted by atomic mass is 32.2. The van der Waals surface area contributed by atoms with Crippen LogP contribution in [0.1, 0.15) is 18.4 Å². The zero-order chi connectivity index (χ0) is 16.8. The van der Waals surface area contributed by atoms with Gasteiger partial charge in [0.1, 0.15) is 16.3 Å². The van der Waals surface area contributed by atoms with Crippen molar-refractivity contribution in [1.29, 1.82) is 0 Å². The number of benzene rings is 1. The molecule has 8 heteroatoms. The molecule has 2 aliphatic rings. The highest BCUT2D eigenvalue weighted by Gasteiger charge is 2.47. The van der Waals surface area contributed by atoms with Gasteiger partial charge in [-0.15, -0.1) is 0 Å². The molecule has 0 aliphatic carbocycles. The Morgan fingerprint density at radius 3 is 2.43 bits per heavy atom. The molecular weight excluding hydrogens is 323 g/mol. The molecule has 1 amide bonds. The van der Waals surface area contributed by atoms with Gasteiger partial charge in [0.2, 0.25) is 10.0 Å². The molecule has 1 aromatic rings. The summed E-state index contributed by atoms with van der Waals surface area (Å²) in [5.41, 5.74) is -0.236. The number of carbonyl (C=O) groups excluding carboxylic acids is 1. The minimum Gasteiger partial charge on any atom is -0.441 e. The third-order valence-electron chi connectivity index (χ3n) is 4.54. The van der Waals surface area contributed by atoms with Crippen LogP contribution in [0.25, 0.3) is 0 Å². The summed E-state index contributed by atoms with van der Waals surface area (Å²) in [6.07, 6.45) is 0.442. The van der Waals surface area contributed by atoms with Gasteiger partial charge in [0.15, 0.2) is 0 Å². The Balaban J connectivity index is 1.81. The molecule has 1 spiro atoms. The fourth-order valence-corrected chi connectivity index (χ4v) is 4.97. The molecule has 0 unspecified atom stereocenters. The van der Waals surface area contributed by atoms with E-state index in [-0.39, 0.29) is 24.1 Å². The Morgan fingerprint density at radius 2 is 1.91 bits per heavy atom. The van der Waals surface area contributed by atoms with E-state index in [1.54, 1.807) is 20.0 Å².